The van der Waals surface area contributed by atoms with Gasteiger partial charge in [-0.2, -0.15) is 0 Å². The molecule has 0 saturated heterocycles. The Labute approximate surface area is 168 Å². The zero-order chi connectivity index (χ0) is 19.1. The summed E-state index contributed by atoms with van der Waals surface area (Å²) in [6, 6.07) is 26.8. The van der Waals surface area contributed by atoms with Crippen molar-refractivity contribution in [1.29, 1.82) is 0 Å². The van der Waals surface area contributed by atoms with Crippen LogP contribution in [0.1, 0.15) is 60.3 Å². The fourth-order valence-corrected chi connectivity index (χ4v) is 5.16. The summed E-state index contributed by atoms with van der Waals surface area (Å²) in [4.78, 5) is 0. The highest BCUT2D eigenvalue weighted by atomic mass is 14.3. The quantitative estimate of drug-likeness (QED) is 0.435. The Morgan fingerprint density at radius 3 is 1.89 bits per heavy atom. The zero-order valence-electron chi connectivity index (χ0n) is 16.5. The number of fused-ring (bicyclic) bond motifs is 4. The predicted molar refractivity (Wildman–Crippen MR) is 120 cm³/mol. The second kappa shape index (κ2) is 6.95. The molecule has 0 N–H and O–H groups in total. The van der Waals surface area contributed by atoms with Crippen LogP contribution in [0.3, 0.4) is 0 Å². The highest BCUT2D eigenvalue weighted by Gasteiger charge is 2.31. The highest BCUT2D eigenvalue weighted by Crippen LogP contribution is 2.49. The van der Waals surface area contributed by atoms with Gasteiger partial charge in [0.2, 0.25) is 0 Å². The van der Waals surface area contributed by atoms with E-state index in [1.54, 1.807) is 0 Å². The molecule has 138 valence electrons. The fraction of sp³-hybridized carbons (Fsp3) is 0.214. The van der Waals surface area contributed by atoms with Crippen LogP contribution >= 0.6 is 0 Å². The summed E-state index contributed by atoms with van der Waals surface area (Å²) >= 11 is 0. The Balaban J connectivity index is 1.48. The van der Waals surface area contributed by atoms with Crippen molar-refractivity contribution in [2.45, 2.75) is 38.0 Å². The molecule has 3 aromatic carbocycles. The first-order valence-electron chi connectivity index (χ1n) is 10.4. The maximum atomic E-state index is 4.37. The Morgan fingerprint density at radius 2 is 1.25 bits per heavy atom. The van der Waals surface area contributed by atoms with Crippen LogP contribution in [-0.2, 0) is 0 Å². The standard InChI is InChI=1S/C28H26/c1-3-19(2)28-18-20-10-4-5-11-21(20)26(28)16-17-27-24-14-8-6-12-22(24)23-13-7-9-15-25(23)27/h4-15,18,26-27H,2-3,16-17H2,1H3. The van der Waals surface area contributed by atoms with Crippen LogP contribution in [0.15, 0.2) is 90.5 Å². The molecule has 0 amide bonds. The third-order valence-corrected chi connectivity index (χ3v) is 6.60. The van der Waals surface area contributed by atoms with Gasteiger partial charge in [0.05, 0.1) is 0 Å². The van der Waals surface area contributed by atoms with Gasteiger partial charge in [-0.1, -0.05) is 97.9 Å². The lowest BCUT2D eigenvalue weighted by Gasteiger charge is -2.21. The van der Waals surface area contributed by atoms with Gasteiger partial charge in [-0.3, -0.25) is 0 Å². The molecule has 2 aliphatic rings. The SMILES string of the molecule is C=C(CC)C1=Cc2ccccc2C1CCC1c2ccccc2-c2ccccc21. The summed E-state index contributed by atoms with van der Waals surface area (Å²) in [5.74, 6) is 0.972. The number of allylic oxidation sites excluding steroid dienone is 2. The van der Waals surface area contributed by atoms with Gasteiger partial charge in [0.25, 0.3) is 0 Å². The van der Waals surface area contributed by atoms with Crippen LogP contribution < -0.4 is 0 Å². The van der Waals surface area contributed by atoms with Crippen LogP contribution in [0, 0.1) is 0 Å². The van der Waals surface area contributed by atoms with Crippen molar-refractivity contribution >= 4 is 6.08 Å². The molecule has 0 heteroatoms. The first kappa shape index (κ1) is 17.3. The van der Waals surface area contributed by atoms with Gasteiger partial charge in [0.15, 0.2) is 0 Å². The van der Waals surface area contributed by atoms with Crippen molar-refractivity contribution in [3.8, 4) is 11.1 Å². The Bertz CT molecular complexity index is 1040. The molecule has 2 aliphatic carbocycles. The van der Waals surface area contributed by atoms with Gasteiger partial charge in [0, 0.05) is 11.8 Å². The smallest absolute Gasteiger partial charge is 0.0102 e. The summed E-state index contributed by atoms with van der Waals surface area (Å²) < 4.78 is 0. The fourth-order valence-electron chi connectivity index (χ4n) is 5.16. The van der Waals surface area contributed by atoms with Crippen LogP contribution in [0.2, 0.25) is 0 Å². The molecule has 1 atom stereocenters. The molecule has 5 rings (SSSR count). The second-order valence-electron chi connectivity index (χ2n) is 8.04. The van der Waals surface area contributed by atoms with Gasteiger partial charge in [-0.15, -0.1) is 0 Å². The maximum absolute atomic E-state index is 4.37. The molecular formula is C28H26. The molecule has 0 spiro atoms. The molecule has 0 fully saturated rings. The van der Waals surface area contributed by atoms with E-state index in [4.69, 9.17) is 0 Å². The molecule has 0 heterocycles. The number of hydrogen-bond donors (Lipinski definition) is 0. The van der Waals surface area contributed by atoms with Gasteiger partial charge in [-0.05, 0) is 58.2 Å². The Morgan fingerprint density at radius 1 is 0.714 bits per heavy atom. The lowest BCUT2D eigenvalue weighted by atomic mass is 9.82. The van der Waals surface area contributed by atoms with Crippen molar-refractivity contribution < 1.29 is 0 Å². The van der Waals surface area contributed by atoms with Crippen molar-refractivity contribution in [1.82, 2.24) is 0 Å². The number of benzene rings is 3. The molecule has 0 aliphatic heterocycles. The highest BCUT2D eigenvalue weighted by molar-refractivity contribution is 5.78. The van der Waals surface area contributed by atoms with E-state index >= 15 is 0 Å². The van der Waals surface area contributed by atoms with Crippen LogP contribution in [0.5, 0.6) is 0 Å². The zero-order valence-corrected chi connectivity index (χ0v) is 16.5. The monoisotopic (exact) mass is 362 g/mol. The minimum atomic E-state index is 0.476. The molecule has 0 bridgehead atoms. The van der Waals surface area contributed by atoms with Crippen LogP contribution in [-0.4, -0.2) is 0 Å². The van der Waals surface area contributed by atoms with Crippen molar-refractivity contribution in [3.63, 3.8) is 0 Å². The van der Waals surface area contributed by atoms with E-state index in [0.717, 1.165) is 12.8 Å². The molecule has 1 unspecified atom stereocenters. The normalized spacial score (nSPS) is 17.0. The second-order valence-corrected chi connectivity index (χ2v) is 8.04. The average Bonchev–Trinajstić information content (AvgIpc) is 3.28. The lowest BCUT2D eigenvalue weighted by Crippen LogP contribution is -2.05. The van der Waals surface area contributed by atoms with Gasteiger partial charge in [-0.25, -0.2) is 0 Å². The van der Waals surface area contributed by atoms with Gasteiger partial charge < -0.3 is 0 Å². The summed E-state index contributed by atoms with van der Waals surface area (Å²) in [6.07, 6.45) is 5.73. The summed E-state index contributed by atoms with van der Waals surface area (Å²) in [6.45, 7) is 6.59. The largest absolute Gasteiger partial charge is 0.0955 e. The van der Waals surface area contributed by atoms with E-state index in [2.05, 4.69) is 92.4 Å². The molecule has 0 radical (unpaired) electrons. The van der Waals surface area contributed by atoms with E-state index in [1.807, 2.05) is 0 Å². The van der Waals surface area contributed by atoms with Crippen LogP contribution in [0.4, 0.5) is 0 Å². The van der Waals surface area contributed by atoms with Crippen molar-refractivity contribution in [2.24, 2.45) is 0 Å². The van der Waals surface area contributed by atoms with Crippen molar-refractivity contribution in [2.75, 3.05) is 0 Å². The molecular weight excluding hydrogens is 336 g/mol. The van der Waals surface area contributed by atoms with Gasteiger partial charge >= 0.3 is 0 Å². The lowest BCUT2D eigenvalue weighted by molar-refractivity contribution is 0.619. The molecule has 0 aromatic heterocycles. The van der Waals surface area contributed by atoms with Crippen molar-refractivity contribution in [3.05, 3.63) is 113 Å². The van der Waals surface area contributed by atoms with E-state index in [0.29, 0.717) is 11.8 Å². The third-order valence-electron chi connectivity index (χ3n) is 6.60. The first-order valence-corrected chi connectivity index (χ1v) is 10.4. The minimum Gasteiger partial charge on any atom is -0.0955 e. The van der Waals surface area contributed by atoms with Gasteiger partial charge in [0.1, 0.15) is 0 Å². The summed E-state index contributed by atoms with van der Waals surface area (Å²) in [5.41, 5.74) is 11.4. The van der Waals surface area contributed by atoms with E-state index < -0.39 is 0 Å². The minimum absolute atomic E-state index is 0.476. The first-order chi connectivity index (χ1) is 13.8. The molecule has 3 aromatic rings. The molecule has 28 heavy (non-hydrogen) atoms. The molecule has 0 saturated carbocycles. The predicted octanol–water partition coefficient (Wildman–Crippen LogP) is 7.73. The third kappa shape index (κ3) is 2.67. The number of hydrogen-bond acceptors (Lipinski definition) is 0. The summed E-state index contributed by atoms with van der Waals surface area (Å²) in [5, 5.41) is 0. The summed E-state index contributed by atoms with van der Waals surface area (Å²) in [7, 11) is 0. The topological polar surface area (TPSA) is 0 Å². The van der Waals surface area contributed by atoms with Crippen LogP contribution in [0.25, 0.3) is 17.2 Å². The van der Waals surface area contributed by atoms with E-state index in [1.165, 1.54) is 50.9 Å². The Kier molecular flexibility index (Phi) is 4.28. The van der Waals surface area contributed by atoms with E-state index in [9.17, 15) is 0 Å². The maximum Gasteiger partial charge on any atom is 0.0102 e. The Hall–Kier alpha value is -2.86. The number of rotatable bonds is 5. The van der Waals surface area contributed by atoms with E-state index in [-0.39, 0.29) is 0 Å². The molecule has 0 nitrogen and oxygen atoms in total. The average molecular weight is 363 g/mol.